The number of nitrogens with one attached hydrogen (secondary N) is 1. The van der Waals surface area contributed by atoms with E-state index in [0.29, 0.717) is 36.3 Å². The predicted octanol–water partition coefficient (Wildman–Crippen LogP) is 6.24. The van der Waals surface area contributed by atoms with Gasteiger partial charge < -0.3 is 19.5 Å². The topological polar surface area (TPSA) is 89.3 Å². The second-order valence-corrected chi connectivity index (χ2v) is 10.7. The first kappa shape index (κ1) is 24.8. The molecule has 2 aromatic carbocycles. The summed E-state index contributed by atoms with van der Waals surface area (Å²) in [6.45, 7) is 3.31. The number of benzene rings is 2. The Balaban J connectivity index is 1.13. The molecule has 0 amide bonds. The van der Waals surface area contributed by atoms with Gasteiger partial charge >= 0.3 is 0 Å². The van der Waals surface area contributed by atoms with Crippen molar-refractivity contribution in [2.45, 2.75) is 50.5 Å². The Morgan fingerprint density at radius 3 is 2.50 bits per heavy atom. The fourth-order valence-electron chi connectivity index (χ4n) is 5.87. The highest BCUT2D eigenvalue weighted by Gasteiger charge is 2.32. The van der Waals surface area contributed by atoms with E-state index < -0.39 is 0 Å². The zero-order valence-electron chi connectivity index (χ0n) is 21.6. The summed E-state index contributed by atoms with van der Waals surface area (Å²) < 4.78 is 16.9. The number of hydrogen-bond acceptors (Lipinski definition) is 7. The van der Waals surface area contributed by atoms with Crippen LogP contribution in [-0.4, -0.2) is 42.5 Å². The second kappa shape index (κ2) is 11.5. The Morgan fingerprint density at radius 1 is 0.895 bits per heavy atom. The minimum Gasteiger partial charge on any atom is -0.489 e. The summed E-state index contributed by atoms with van der Waals surface area (Å²) in [5.41, 5.74) is 3.70. The quantitative estimate of drug-likeness (QED) is 0.403. The van der Waals surface area contributed by atoms with Crippen molar-refractivity contribution in [2.24, 2.45) is 11.8 Å². The maximum absolute atomic E-state index is 9.75. The predicted molar refractivity (Wildman–Crippen MR) is 145 cm³/mol. The Hall–Kier alpha value is -3.47. The minimum absolute atomic E-state index is 0.0774. The molecule has 0 bridgehead atoms. The summed E-state index contributed by atoms with van der Waals surface area (Å²) in [5, 5.41) is 13.2. The molecule has 2 saturated heterocycles. The van der Waals surface area contributed by atoms with Crippen LogP contribution in [0.3, 0.4) is 0 Å². The molecule has 38 heavy (non-hydrogen) atoms. The number of nitriles is 1. The maximum atomic E-state index is 9.75. The third-order valence-electron chi connectivity index (χ3n) is 8.21. The largest absolute Gasteiger partial charge is 0.489 e. The van der Waals surface area contributed by atoms with Crippen LogP contribution in [0.5, 0.6) is 5.75 Å². The molecule has 196 valence electrons. The Bertz CT molecular complexity index is 1290. The van der Waals surface area contributed by atoms with E-state index >= 15 is 0 Å². The Kier molecular flexibility index (Phi) is 7.52. The van der Waals surface area contributed by atoms with E-state index in [1.165, 1.54) is 31.2 Å². The monoisotopic (exact) mass is 510 g/mol. The molecular weight excluding hydrogens is 476 g/mol. The lowest BCUT2D eigenvalue weighted by Crippen LogP contribution is -2.36. The summed E-state index contributed by atoms with van der Waals surface area (Å²) in [7, 11) is 0. The van der Waals surface area contributed by atoms with Crippen LogP contribution in [0.2, 0.25) is 0 Å². The zero-order valence-corrected chi connectivity index (χ0v) is 21.6. The van der Waals surface area contributed by atoms with Crippen molar-refractivity contribution in [1.29, 1.82) is 5.26 Å². The van der Waals surface area contributed by atoms with Crippen molar-refractivity contribution in [2.75, 3.05) is 31.7 Å². The summed E-state index contributed by atoms with van der Waals surface area (Å²) in [4.78, 5) is 9.21. The van der Waals surface area contributed by atoms with Crippen molar-refractivity contribution >= 4 is 11.5 Å². The van der Waals surface area contributed by atoms with Gasteiger partial charge in [0.2, 0.25) is 0 Å². The van der Waals surface area contributed by atoms with Gasteiger partial charge in [0.1, 0.15) is 23.7 Å². The highest BCUT2D eigenvalue weighted by Crippen LogP contribution is 2.41. The van der Waals surface area contributed by atoms with Crippen molar-refractivity contribution < 1.29 is 14.2 Å². The van der Waals surface area contributed by atoms with E-state index in [0.717, 1.165) is 55.0 Å². The van der Waals surface area contributed by atoms with Gasteiger partial charge in [-0.2, -0.15) is 5.26 Å². The van der Waals surface area contributed by atoms with Crippen molar-refractivity contribution in [1.82, 2.24) is 9.97 Å². The highest BCUT2D eigenvalue weighted by atomic mass is 16.5. The molecule has 0 atom stereocenters. The molecule has 7 nitrogen and oxygen atoms in total. The van der Waals surface area contributed by atoms with Crippen LogP contribution >= 0.6 is 0 Å². The van der Waals surface area contributed by atoms with Crippen LogP contribution < -0.4 is 10.1 Å². The lowest BCUT2D eigenvalue weighted by atomic mass is 9.73. The molecule has 2 aliphatic heterocycles. The van der Waals surface area contributed by atoms with Crippen LogP contribution in [0.4, 0.5) is 11.5 Å². The van der Waals surface area contributed by atoms with E-state index in [4.69, 9.17) is 19.2 Å². The average Bonchev–Trinajstić information content (AvgIpc) is 2.94. The van der Waals surface area contributed by atoms with Gasteiger partial charge in [0.15, 0.2) is 5.82 Å². The van der Waals surface area contributed by atoms with E-state index in [1.807, 2.05) is 18.2 Å². The van der Waals surface area contributed by atoms with Gasteiger partial charge in [-0.05, 0) is 79.5 Å². The molecule has 3 fully saturated rings. The van der Waals surface area contributed by atoms with Crippen molar-refractivity contribution in [3.63, 3.8) is 0 Å². The molecular formula is C31H34N4O3. The van der Waals surface area contributed by atoms with Gasteiger partial charge in [-0.1, -0.05) is 12.1 Å². The minimum atomic E-state index is 0.0774. The standard InChI is InChI=1S/C31H34N4O3/c32-18-25-16-24(8-9-29(25)38-28-11-14-36-15-12-28)31-33-13-10-30(35-31)34-27-3-1-2-23(17-27)21-4-6-22(7-5-21)26-19-37-20-26/h1-3,8-10,13,16-17,21-22,26,28H,4-7,11-12,14-15,19-20H2,(H,33,34,35). The molecule has 3 heterocycles. The zero-order chi connectivity index (χ0) is 25.7. The number of anilines is 2. The smallest absolute Gasteiger partial charge is 0.161 e. The SMILES string of the molecule is N#Cc1cc(-c2nccc(Nc3cccc(C4CCC(C5COC5)CC4)c3)n2)ccc1OC1CCOCC1. The molecule has 3 aliphatic rings. The summed E-state index contributed by atoms with van der Waals surface area (Å²) >= 11 is 0. The summed E-state index contributed by atoms with van der Waals surface area (Å²) in [6, 6.07) is 18.4. The molecule has 0 unspecified atom stereocenters. The van der Waals surface area contributed by atoms with E-state index in [2.05, 4.69) is 40.6 Å². The third-order valence-corrected chi connectivity index (χ3v) is 8.21. The van der Waals surface area contributed by atoms with Crippen molar-refractivity contribution in [3.05, 3.63) is 65.9 Å². The van der Waals surface area contributed by atoms with E-state index in [1.54, 1.807) is 12.3 Å². The van der Waals surface area contributed by atoms with Crippen LogP contribution in [-0.2, 0) is 9.47 Å². The van der Waals surface area contributed by atoms with Gasteiger partial charge in [0, 0.05) is 36.2 Å². The number of ether oxygens (including phenoxy) is 3. The van der Waals surface area contributed by atoms with Gasteiger partial charge in [0.25, 0.3) is 0 Å². The normalized spacial score (nSPS) is 22.3. The number of hydrogen-bond donors (Lipinski definition) is 1. The molecule has 1 saturated carbocycles. The number of aromatic nitrogens is 2. The van der Waals surface area contributed by atoms with Gasteiger partial charge in [-0.25, -0.2) is 9.97 Å². The number of nitrogens with zero attached hydrogens (tertiary/aromatic N) is 3. The third kappa shape index (κ3) is 5.67. The lowest BCUT2D eigenvalue weighted by Gasteiger charge is -2.38. The molecule has 0 radical (unpaired) electrons. The van der Waals surface area contributed by atoms with Gasteiger partial charge in [-0.3, -0.25) is 0 Å². The van der Waals surface area contributed by atoms with Crippen molar-refractivity contribution in [3.8, 4) is 23.2 Å². The van der Waals surface area contributed by atoms with Gasteiger partial charge in [0.05, 0.1) is 32.0 Å². The average molecular weight is 511 g/mol. The van der Waals surface area contributed by atoms with Crippen LogP contribution in [0.25, 0.3) is 11.4 Å². The Labute approximate surface area is 224 Å². The first-order chi connectivity index (χ1) is 18.7. The Morgan fingerprint density at radius 2 is 1.74 bits per heavy atom. The van der Waals surface area contributed by atoms with Crippen LogP contribution in [0, 0.1) is 23.2 Å². The molecule has 1 N–H and O–H groups in total. The number of rotatable bonds is 7. The first-order valence-corrected chi connectivity index (χ1v) is 13.8. The molecule has 1 aromatic heterocycles. The summed E-state index contributed by atoms with van der Waals surface area (Å²) in [5.74, 6) is 4.13. The van der Waals surface area contributed by atoms with E-state index in [9.17, 15) is 5.26 Å². The molecule has 3 aromatic rings. The fourth-order valence-corrected chi connectivity index (χ4v) is 5.87. The fraction of sp³-hybridized carbons (Fsp3) is 0.452. The maximum Gasteiger partial charge on any atom is 0.161 e. The molecule has 7 heteroatoms. The second-order valence-electron chi connectivity index (χ2n) is 10.7. The first-order valence-electron chi connectivity index (χ1n) is 13.8. The van der Waals surface area contributed by atoms with Gasteiger partial charge in [-0.15, -0.1) is 0 Å². The van der Waals surface area contributed by atoms with Crippen LogP contribution in [0.15, 0.2) is 54.7 Å². The molecule has 0 spiro atoms. The molecule has 1 aliphatic carbocycles. The highest BCUT2D eigenvalue weighted by molar-refractivity contribution is 5.64. The molecule has 6 rings (SSSR count). The van der Waals surface area contributed by atoms with Crippen LogP contribution in [0.1, 0.15) is 55.6 Å². The van der Waals surface area contributed by atoms with E-state index in [-0.39, 0.29) is 6.10 Å². The lowest BCUT2D eigenvalue weighted by molar-refractivity contribution is -0.0684. The summed E-state index contributed by atoms with van der Waals surface area (Å²) in [6.07, 6.45) is 8.59.